The van der Waals surface area contributed by atoms with Gasteiger partial charge in [0.05, 0.1) is 11.6 Å². The number of sulfonamides is 1. The number of aromatic nitrogens is 1. The van der Waals surface area contributed by atoms with Gasteiger partial charge in [0, 0.05) is 25.5 Å². The van der Waals surface area contributed by atoms with Crippen LogP contribution >= 0.6 is 11.6 Å². The minimum absolute atomic E-state index is 0.0728. The van der Waals surface area contributed by atoms with Crippen molar-refractivity contribution in [3.8, 4) is 0 Å². The highest BCUT2D eigenvalue weighted by molar-refractivity contribution is 7.89. The Balaban J connectivity index is 2.36. The third-order valence-electron chi connectivity index (χ3n) is 2.36. The lowest BCUT2D eigenvalue weighted by atomic mass is 10.4. The van der Waals surface area contributed by atoms with Gasteiger partial charge in [-0.1, -0.05) is 11.6 Å². The Kier molecular flexibility index (Phi) is 3.32. The molecule has 1 aliphatic heterocycles. The highest BCUT2D eigenvalue weighted by Gasteiger charge is 2.30. The van der Waals surface area contributed by atoms with Crippen LogP contribution in [-0.2, 0) is 14.8 Å². The van der Waals surface area contributed by atoms with E-state index in [9.17, 15) is 13.2 Å². The standard InChI is InChI=1S/C9H10ClN3O3S/c10-7-1-2-11-5-8(7)17(15,16)13-4-3-12-9(14)6-13/h1-2,5H,3-4,6H2,(H,12,14). The zero-order valence-corrected chi connectivity index (χ0v) is 10.3. The Morgan fingerprint density at radius 1 is 1.47 bits per heavy atom. The summed E-state index contributed by atoms with van der Waals surface area (Å²) in [5.74, 6) is -0.320. The summed E-state index contributed by atoms with van der Waals surface area (Å²) in [6.07, 6.45) is 2.59. The van der Waals surface area contributed by atoms with E-state index in [4.69, 9.17) is 11.6 Å². The predicted octanol–water partition coefficient (Wildman–Crippen LogP) is -0.145. The number of piperazine rings is 1. The van der Waals surface area contributed by atoms with Crippen molar-refractivity contribution in [2.45, 2.75) is 4.90 Å². The summed E-state index contributed by atoms with van der Waals surface area (Å²) < 4.78 is 25.4. The molecule has 17 heavy (non-hydrogen) atoms. The fourth-order valence-corrected chi connectivity index (χ4v) is 3.32. The summed E-state index contributed by atoms with van der Waals surface area (Å²) in [5.41, 5.74) is 0. The van der Waals surface area contributed by atoms with Gasteiger partial charge < -0.3 is 5.32 Å². The first-order valence-electron chi connectivity index (χ1n) is 4.88. The van der Waals surface area contributed by atoms with E-state index in [1.54, 1.807) is 0 Å². The molecule has 0 bridgehead atoms. The van der Waals surface area contributed by atoms with Crippen LogP contribution in [-0.4, -0.2) is 43.2 Å². The smallest absolute Gasteiger partial charge is 0.246 e. The minimum Gasteiger partial charge on any atom is -0.354 e. The number of carbonyl (C=O) groups excluding carboxylic acids is 1. The number of hydrogen-bond donors (Lipinski definition) is 1. The van der Waals surface area contributed by atoms with E-state index in [-0.39, 0.29) is 28.9 Å². The van der Waals surface area contributed by atoms with Gasteiger partial charge in [0.2, 0.25) is 15.9 Å². The van der Waals surface area contributed by atoms with Crippen LogP contribution < -0.4 is 5.32 Å². The Morgan fingerprint density at radius 3 is 2.88 bits per heavy atom. The van der Waals surface area contributed by atoms with Gasteiger partial charge >= 0.3 is 0 Å². The highest BCUT2D eigenvalue weighted by atomic mass is 35.5. The largest absolute Gasteiger partial charge is 0.354 e. The SMILES string of the molecule is O=C1CN(S(=O)(=O)c2cnccc2Cl)CCN1. The molecule has 1 aromatic heterocycles. The molecule has 1 fully saturated rings. The number of pyridine rings is 1. The third-order valence-corrected chi connectivity index (χ3v) is 4.67. The first kappa shape index (κ1) is 12.3. The molecule has 0 aliphatic carbocycles. The third kappa shape index (κ3) is 2.41. The van der Waals surface area contributed by atoms with E-state index in [1.807, 2.05) is 0 Å². The highest BCUT2D eigenvalue weighted by Crippen LogP contribution is 2.23. The zero-order chi connectivity index (χ0) is 12.5. The van der Waals surface area contributed by atoms with E-state index >= 15 is 0 Å². The van der Waals surface area contributed by atoms with Crippen molar-refractivity contribution < 1.29 is 13.2 Å². The second-order valence-electron chi connectivity index (χ2n) is 3.49. The predicted molar refractivity (Wildman–Crippen MR) is 61.0 cm³/mol. The van der Waals surface area contributed by atoms with Crippen LogP contribution in [0.5, 0.6) is 0 Å². The molecule has 8 heteroatoms. The van der Waals surface area contributed by atoms with Gasteiger partial charge in [0.15, 0.2) is 0 Å². The maximum absolute atomic E-state index is 12.2. The van der Waals surface area contributed by atoms with Crippen molar-refractivity contribution in [2.75, 3.05) is 19.6 Å². The Labute approximate surface area is 104 Å². The summed E-state index contributed by atoms with van der Waals surface area (Å²) in [7, 11) is -3.75. The van der Waals surface area contributed by atoms with E-state index in [2.05, 4.69) is 10.3 Å². The van der Waals surface area contributed by atoms with Crippen molar-refractivity contribution in [1.29, 1.82) is 0 Å². The second-order valence-corrected chi connectivity index (χ2v) is 5.81. The van der Waals surface area contributed by atoms with Crippen LogP contribution in [0.25, 0.3) is 0 Å². The molecule has 1 aromatic rings. The number of halogens is 1. The Bertz CT molecular complexity index is 546. The lowest BCUT2D eigenvalue weighted by Crippen LogP contribution is -2.49. The molecule has 2 heterocycles. The Hall–Kier alpha value is -1.18. The van der Waals surface area contributed by atoms with Gasteiger partial charge in [0.25, 0.3) is 0 Å². The van der Waals surface area contributed by atoms with Gasteiger partial charge in [-0.25, -0.2) is 8.42 Å². The number of nitrogens with one attached hydrogen (secondary N) is 1. The van der Waals surface area contributed by atoms with E-state index in [0.29, 0.717) is 6.54 Å². The average molecular weight is 276 g/mol. The van der Waals surface area contributed by atoms with Gasteiger partial charge in [-0.05, 0) is 6.07 Å². The van der Waals surface area contributed by atoms with Crippen molar-refractivity contribution in [3.63, 3.8) is 0 Å². The molecule has 0 saturated carbocycles. The van der Waals surface area contributed by atoms with E-state index in [0.717, 1.165) is 4.31 Å². The molecule has 1 N–H and O–H groups in total. The van der Waals surface area contributed by atoms with Gasteiger partial charge in [-0.2, -0.15) is 4.31 Å². The maximum Gasteiger partial charge on any atom is 0.246 e. The van der Waals surface area contributed by atoms with Crippen molar-refractivity contribution in [3.05, 3.63) is 23.5 Å². The quantitative estimate of drug-likeness (QED) is 0.814. The summed E-state index contributed by atoms with van der Waals surface area (Å²) in [4.78, 5) is 14.8. The maximum atomic E-state index is 12.2. The topological polar surface area (TPSA) is 79.4 Å². The second kappa shape index (κ2) is 4.59. The summed E-state index contributed by atoms with van der Waals surface area (Å²) in [6.45, 7) is 0.350. The van der Waals surface area contributed by atoms with Crippen molar-refractivity contribution >= 4 is 27.5 Å². The molecule has 1 saturated heterocycles. The molecule has 0 radical (unpaired) electrons. The van der Waals surface area contributed by atoms with Crippen LogP contribution in [0.2, 0.25) is 5.02 Å². The first-order valence-corrected chi connectivity index (χ1v) is 6.70. The number of rotatable bonds is 2. The van der Waals surface area contributed by atoms with E-state index in [1.165, 1.54) is 18.5 Å². The molecule has 0 atom stereocenters. The van der Waals surface area contributed by atoms with Crippen LogP contribution in [0, 0.1) is 0 Å². The minimum atomic E-state index is -3.75. The van der Waals surface area contributed by atoms with Crippen molar-refractivity contribution in [1.82, 2.24) is 14.6 Å². The molecule has 92 valence electrons. The fourth-order valence-electron chi connectivity index (χ4n) is 1.51. The molecular weight excluding hydrogens is 266 g/mol. The summed E-state index contributed by atoms with van der Waals surface area (Å²) >= 11 is 5.82. The molecule has 0 unspecified atom stereocenters. The number of carbonyl (C=O) groups is 1. The van der Waals surface area contributed by atoms with Gasteiger partial charge in [-0.15, -0.1) is 0 Å². The zero-order valence-electron chi connectivity index (χ0n) is 8.76. The number of hydrogen-bond acceptors (Lipinski definition) is 4. The first-order chi connectivity index (χ1) is 8.01. The molecule has 1 amide bonds. The van der Waals surface area contributed by atoms with Gasteiger partial charge in [-0.3, -0.25) is 9.78 Å². The summed E-state index contributed by atoms with van der Waals surface area (Å²) in [5, 5.41) is 2.66. The fraction of sp³-hybridized carbons (Fsp3) is 0.333. The average Bonchev–Trinajstić information content (AvgIpc) is 2.29. The molecule has 6 nitrogen and oxygen atoms in total. The number of amides is 1. The van der Waals surface area contributed by atoms with Crippen molar-refractivity contribution in [2.24, 2.45) is 0 Å². The number of nitrogens with zero attached hydrogens (tertiary/aromatic N) is 2. The molecule has 0 spiro atoms. The molecule has 0 aromatic carbocycles. The molecular formula is C9H10ClN3O3S. The van der Waals surface area contributed by atoms with E-state index < -0.39 is 10.0 Å². The van der Waals surface area contributed by atoms with Crippen LogP contribution in [0.1, 0.15) is 0 Å². The Morgan fingerprint density at radius 2 is 2.24 bits per heavy atom. The van der Waals surface area contributed by atoms with Crippen LogP contribution in [0.15, 0.2) is 23.4 Å². The normalized spacial score (nSPS) is 17.8. The molecule has 1 aliphatic rings. The van der Waals surface area contributed by atoms with Crippen LogP contribution in [0.3, 0.4) is 0 Å². The summed E-state index contributed by atoms with van der Waals surface area (Å²) in [6, 6.07) is 1.40. The lowest BCUT2D eigenvalue weighted by molar-refractivity contribution is -0.122. The van der Waals surface area contributed by atoms with Gasteiger partial charge in [0.1, 0.15) is 4.90 Å². The molecule has 2 rings (SSSR count). The lowest BCUT2D eigenvalue weighted by Gasteiger charge is -2.25. The van der Waals surface area contributed by atoms with Crippen LogP contribution in [0.4, 0.5) is 0 Å². The monoisotopic (exact) mass is 275 g/mol.